The Morgan fingerprint density at radius 2 is 1.93 bits per heavy atom. The molecule has 3 nitrogen and oxygen atoms in total. The van der Waals surface area contributed by atoms with Crippen molar-refractivity contribution in [2.75, 3.05) is 5.73 Å². The van der Waals surface area contributed by atoms with Gasteiger partial charge in [0.05, 0.1) is 5.02 Å². The molecule has 15 heavy (non-hydrogen) atoms. The van der Waals surface area contributed by atoms with Gasteiger partial charge in [0.2, 0.25) is 0 Å². The van der Waals surface area contributed by atoms with Crippen molar-refractivity contribution in [3.05, 3.63) is 41.6 Å². The summed E-state index contributed by atoms with van der Waals surface area (Å²) in [5, 5.41) is 10.1. The molecule has 0 spiro atoms. The Kier molecular flexibility index (Phi) is 2.47. The van der Waals surface area contributed by atoms with Crippen molar-refractivity contribution in [2.24, 2.45) is 0 Å². The van der Waals surface area contributed by atoms with Crippen LogP contribution in [0.2, 0.25) is 5.02 Å². The zero-order chi connectivity index (χ0) is 10.8. The number of anilines is 1. The second-order valence-electron chi connectivity index (χ2n) is 3.11. The first kappa shape index (κ1) is 9.80. The summed E-state index contributed by atoms with van der Waals surface area (Å²) in [6, 6.07) is 8.58. The first-order valence-corrected chi connectivity index (χ1v) is 4.75. The third-order valence-electron chi connectivity index (χ3n) is 2.07. The van der Waals surface area contributed by atoms with Gasteiger partial charge in [0, 0.05) is 17.3 Å². The second-order valence-corrected chi connectivity index (χ2v) is 3.51. The van der Waals surface area contributed by atoms with E-state index in [0.29, 0.717) is 22.0 Å². The fourth-order valence-electron chi connectivity index (χ4n) is 1.36. The van der Waals surface area contributed by atoms with E-state index in [1.54, 1.807) is 24.3 Å². The lowest BCUT2D eigenvalue weighted by atomic mass is 10.1. The molecule has 2 aromatic rings. The number of phenolic OH excluding ortho intramolecular Hbond substituents is 1. The van der Waals surface area contributed by atoms with Gasteiger partial charge < -0.3 is 10.8 Å². The summed E-state index contributed by atoms with van der Waals surface area (Å²) in [6.07, 6.45) is 1.47. The number of aromatic nitrogens is 1. The average Bonchev–Trinajstić information content (AvgIpc) is 2.23. The molecule has 2 rings (SSSR count). The normalized spacial score (nSPS) is 10.2. The summed E-state index contributed by atoms with van der Waals surface area (Å²) in [6.45, 7) is 0. The first-order chi connectivity index (χ1) is 7.18. The molecular weight excluding hydrogens is 212 g/mol. The fourth-order valence-corrected chi connectivity index (χ4v) is 1.57. The fraction of sp³-hybridized carbons (Fsp3) is 0. The molecule has 4 heteroatoms. The maximum Gasteiger partial charge on any atom is 0.124 e. The highest BCUT2D eigenvalue weighted by molar-refractivity contribution is 6.33. The van der Waals surface area contributed by atoms with Gasteiger partial charge in [-0.25, -0.2) is 4.98 Å². The van der Waals surface area contributed by atoms with Crippen molar-refractivity contribution in [3.63, 3.8) is 0 Å². The van der Waals surface area contributed by atoms with Crippen LogP contribution in [0.1, 0.15) is 0 Å². The highest BCUT2D eigenvalue weighted by atomic mass is 35.5. The first-order valence-electron chi connectivity index (χ1n) is 4.38. The van der Waals surface area contributed by atoms with Gasteiger partial charge in [-0.05, 0) is 12.1 Å². The number of para-hydroxylation sites is 1. The molecule has 0 aliphatic carbocycles. The number of hydrogen-bond acceptors (Lipinski definition) is 3. The molecular formula is C11H9ClN2O. The number of nitrogens with two attached hydrogens (primary N) is 1. The van der Waals surface area contributed by atoms with Gasteiger partial charge in [0.25, 0.3) is 0 Å². The number of nitrogen functional groups attached to an aromatic ring is 1. The van der Waals surface area contributed by atoms with Crippen LogP contribution in [0.3, 0.4) is 0 Å². The maximum absolute atomic E-state index is 9.66. The van der Waals surface area contributed by atoms with Crippen LogP contribution in [0.4, 0.5) is 5.82 Å². The van der Waals surface area contributed by atoms with E-state index in [0.717, 1.165) is 0 Å². The van der Waals surface area contributed by atoms with E-state index in [4.69, 9.17) is 17.3 Å². The predicted octanol–water partition coefficient (Wildman–Crippen LogP) is 2.69. The minimum atomic E-state index is 0.171. The number of aromatic hydroxyl groups is 1. The van der Waals surface area contributed by atoms with Crippen LogP contribution in [0, 0.1) is 0 Å². The molecule has 0 amide bonds. The molecule has 0 fully saturated rings. The molecule has 0 atom stereocenters. The molecule has 0 saturated carbocycles. The lowest BCUT2D eigenvalue weighted by Crippen LogP contribution is -1.91. The van der Waals surface area contributed by atoms with Crippen LogP contribution >= 0.6 is 11.6 Å². The minimum absolute atomic E-state index is 0.171. The molecule has 1 aromatic carbocycles. The number of phenols is 1. The Morgan fingerprint density at radius 3 is 2.67 bits per heavy atom. The van der Waals surface area contributed by atoms with E-state index in [9.17, 15) is 5.11 Å². The largest absolute Gasteiger partial charge is 0.507 e. The van der Waals surface area contributed by atoms with E-state index >= 15 is 0 Å². The van der Waals surface area contributed by atoms with Crippen molar-refractivity contribution in [1.82, 2.24) is 4.98 Å². The topological polar surface area (TPSA) is 59.1 Å². The van der Waals surface area contributed by atoms with Crippen LogP contribution < -0.4 is 5.73 Å². The Bertz CT molecular complexity index is 500. The highest BCUT2D eigenvalue weighted by Crippen LogP contribution is 2.34. The lowest BCUT2D eigenvalue weighted by Gasteiger charge is -2.06. The molecule has 0 saturated heterocycles. The van der Waals surface area contributed by atoms with Gasteiger partial charge in [0.15, 0.2) is 0 Å². The predicted molar refractivity (Wildman–Crippen MR) is 60.8 cm³/mol. The van der Waals surface area contributed by atoms with Crippen molar-refractivity contribution in [1.29, 1.82) is 0 Å². The number of pyridine rings is 1. The van der Waals surface area contributed by atoms with E-state index < -0.39 is 0 Å². The molecule has 0 bridgehead atoms. The molecule has 3 N–H and O–H groups in total. The van der Waals surface area contributed by atoms with Gasteiger partial charge in [-0.1, -0.05) is 29.8 Å². The van der Waals surface area contributed by atoms with E-state index in [-0.39, 0.29) is 5.75 Å². The Morgan fingerprint density at radius 1 is 1.20 bits per heavy atom. The van der Waals surface area contributed by atoms with Gasteiger partial charge in [-0.2, -0.15) is 0 Å². The zero-order valence-corrected chi connectivity index (χ0v) is 8.57. The molecule has 76 valence electrons. The van der Waals surface area contributed by atoms with Crippen molar-refractivity contribution >= 4 is 17.4 Å². The van der Waals surface area contributed by atoms with Crippen LogP contribution in [0.25, 0.3) is 11.1 Å². The average molecular weight is 221 g/mol. The monoisotopic (exact) mass is 220 g/mol. The van der Waals surface area contributed by atoms with Crippen LogP contribution in [-0.2, 0) is 0 Å². The van der Waals surface area contributed by atoms with Crippen molar-refractivity contribution in [2.45, 2.75) is 0 Å². The zero-order valence-electron chi connectivity index (χ0n) is 7.81. The van der Waals surface area contributed by atoms with Crippen LogP contribution in [0.5, 0.6) is 5.75 Å². The van der Waals surface area contributed by atoms with E-state index in [2.05, 4.69) is 4.98 Å². The SMILES string of the molecule is Nc1cc(-c2ccccc2O)c(Cl)cn1. The van der Waals surface area contributed by atoms with Crippen molar-refractivity contribution in [3.8, 4) is 16.9 Å². The van der Waals surface area contributed by atoms with Gasteiger partial charge in [-0.3, -0.25) is 0 Å². The lowest BCUT2D eigenvalue weighted by molar-refractivity contribution is 0.477. The minimum Gasteiger partial charge on any atom is -0.507 e. The van der Waals surface area contributed by atoms with Gasteiger partial charge in [-0.15, -0.1) is 0 Å². The Balaban J connectivity index is 2.64. The summed E-state index contributed by atoms with van der Waals surface area (Å²) >= 11 is 5.97. The van der Waals surface area contributed by atoms with Gasteiger partial charge >= 0.3 is 0 Å². The van der Waals surface area contributed by atoms with Crippen molar-refractivity contribution < 1.29 is 5.11 Å². The summed E-state index contributed by atoms with van der Waals surface area (Å²) in [5.41, 5.74) is 6.90. The standard InChI is InChI=1S/C11H9ClN2O/c12-9-6-14-11(13)5-8(9)7-3-1-2-4-10(7)15/h1-6,15H,(H2,13,14). The quantitative estimate of drug-likeness (QED) is 0.777. The molecule has 1 aromatic heterocycles. The Hall–Kier alpha value is -1.74. The third-order valence-corrected chi connectivity index (χ3v) is 2.37. The number of hydrogen-bond donors (Lipinski definition) is 2. The number of halogens is 1. The van der Waals surface area contributed by atoms with Gasteiger partial charge in [0.1, 0.15) is 11.6 Å². The molecule has 0 unspecified atom stereocenters. The smallest absolute Gasteiger partial charge is 0.124 e. The van der Waals surface area contributed by atoms with Crippen LogP contribution in [-0.4, -0.2) is 10.1 Å². The summed E-state index contributed by atoms with van der Waals surface area (Å²) in [5.74, 6) is 0.544. The number of nitrogens with zero attached hydrogens (tertiary/aromatic N) is 1. The molecule has 0 radical (unpaired) electrons. The summed E-state index contributed by atoms with van der Waals surface area (Å²) in [7, 11) is 0. The van der Waals surface area contributed by atoms with Crippen LogP contribution in [0.15, 0.2) is 36.5 Å². The van der Waals surface area contributed by atoms with E-state index in [1.807, 2.05) is 6.07 Å². The van der Waals surface area contributed by atoms with E-state index in [1.165, 1.54) is 6.20 Å². The summed E-state index contributed by atoms with van der Waals surface area (Å²) in [4.78, 5) is 3.86. The highest BCUT2D eigenvalue weighted by Gasteiger charge is 2.08. The summed E-state index contributed by atoms with van der Waals surface area (Å²) < 4.78 is 0. The number of rotatable bonds is 1. The second kappa shape index (κ2) is 3.79. The molecule has 0 aliphatic rings. The molecule has 1 heterocycles. The molecule has 0 aliphatic heterocycles. The maximum atomic E-state index is 9.66. The third kappa shape index (κ3) is 1.87. The Labute approximate surface area is 92.1 Å². The number of benzene rings is 1.